The number of carbonyl (C=O) groups is 1. The van der Waals surface area contributed by atoms with Gasteiger partial charge in [-0.2, -0.15) is 0 Å². The van der Waals surface area contributed by atoms with Crippen molar-refractivity contribution in [3.05, 3.63) is 72.4 Å². The minimum Gasteiger partial charge on any atom is -0.330 e. The fourth-order valence-electron chi connectivity index (χ4n) is 5.20. The second-order valence-electron chi connectivity index (χ2n) is 8.81. The van der Waals surface area contributed by atoms with Crippen LogP contribution in [-0.2, 0) is 0 Å². The average Bonchev–Trinajstić information content (AvgIpc) is 3.37. The normalized spacial score (nSPS) is 19.6. The third kappa shape index (κ3) is 3.49. The van der Waals surface area contributed by atoms with E-state index in [1.165, 1.54) is 6.07 Å². The Morgan fingerprint density at radius 3 is 2.53 bits per heavy atom. The van der Waals surface area contributed by atoms with Crippen LogP contribution in [0.15, 0.2) is 66.0 Å². The third-order valence-corrected chi connectivity index (χ3v) is 7.65. The Morgan fingerprint density at radius 2 is 1.82 bits per heavy atom. The first kappa shape index (κ1) is 21.3. The average molecular weight is 474 g/mol. The Morgan fingerprint density at radius 1 is 1.09 bits per heavy atom. The van der Waals surface area contributed by atoms with Crippen molar-refractivity contribution in [3.63, 3.8) is 0 Å². The number of fused-ring (bicyclic) bond motifs is 3. The number of carbonyl (C=O) groups excluding carboxylic acids is 1. The van der Waals surface area contributed by atoms with Crippen molar-refractivity contribution in [2.24, 2.45) is 0 Å². The zero-order chi connectivity index (χ0) is 23.2. The maximum absolute atomic E-state index is 14.2. The summed E-state index contributed by atoms with van der Waals surface area (Å²) in [5.41, 5.74) is 2.65. The first-order chi connectivity index (χ1) is 16.6. The zero-order valence-corrected chi connectivity index (χ0v) is 19.6. The van der Waals surface area contributed by atoms with E-state index in [4.69, 9.17) is 0 Å². The second kappa shape index (κ2) is 8.52. The summed E-state index contributed by atoms with van der Waals surface area (Å²) in [6.45, 7) is 1.72. The van der Waals surface area contributed by atoms with Gasteiger partial charge in [0.1, 0.15) is 5.82 Å². The largest absolute Gasteiger partial charge is 0.330 e. The Hall–Kier alpha value is -3.23. The molecule has 2 atom stereocenters. The minimum absolute atomic E-state index is 0.0881. The van der Waals surface area contributed by atoms with Crippen molar-refractivity contribution < 1.29 is 9.18 Å². The quantitative estimate of drug-likeness (QED) is 0.442. The van der Waals surface area contributed by atoms with Gasteiger partial charge >= 0.3 is 0 Å². The lowest BCUT2D eigenvalue weighted by Gasteiger charge is -2.35. The Bertz CT molecular complexity index is 1370. The van der Waals surface area contributed by atoms with Crippen molar-refractivity contribution >= 4 is 28.6 Å². The van der Waals surface area contributed by atoms with Gasteiger partial charge in [0.15, 0.2) is 0 Å². The summed E-state index contributed by atoms with van der Waals surface area (Å²) < 4.78 is 16.1. The molecule has 2 aromatic carbocycles. The summed E-state index contributed by atoms with van der Waals surface area (Å²) in [4.78, 5) is 25.7. The van der Waals surface area contributed by atoms with Crippen LogP contribution in [0.5, 0.6) is 0 Å². The molecular formula is C26H24FN5OS. The molecule has 2 unspecified atom stereocenters. The van der Waals surface area contributed by atoms with Crippen LogP contribution in [0.4, 0.5) is 4.39 Å². The number of piperazine rings is 1. The summed E-state index contributed by atoms with van der Waals surface area (Å²) in [7, 11) is 0. The number of aromatic nitrogens is 3. The molecule has 4 heterocycles. The van der Waals surface area contributed by atoms with E-state index in [9.17, 15) is 9.18 Å². The SMILES string of the molecule is CSc1cn(-c2ncc(-c3ccccc3F)cn2)c2cc(C(=O)N3C4CCC3CNC4)ccc12. The van der Waals surface area contributed by atoms with Crippen molar-refractivity contribution in [2.75, 3.05) is 19.3 Å². The van der Waals surface area contributed by atoms with Crippen molar-refractivity contribution in [3.8, 4) is 17.1 Å². The van der Waals surface area contributed by atoms with Crippen LogP contribution in [0, 0.1) is 5.82 Å². The van der Waals surface area contributed by atoms with Crippen LogP contribution in [0.3, 0.4) is 0 Å². The van der Waals surface area contributed by atoms with Gasteiger partial charge in [0, 0.05) is 70.7 Å². The van der Waals surface area contributed by atoms with E-state index in [1.807, 2.05) is 35.2 Å². The highest BCUT2D eigenvalue weighted by Gasteiger charge is 2.39. The number of hydrogen-bond acceptors (Lipinski definition) is 5. The summed E-state index contributed by atoms with van der Waals surface area (Å²) in [6, 6.07) is 13.0. The van der Waals surface area contributed by atoms with Gasteiger partial charge in [0.05, 0.1) is 5.52 Å². The summed E-state index contributed by atoms with van der Waals surface area (Å²) in [5.74, 6) is 0.266. The zero-order valence-electron chi connectivity index (χ0n) is 18.7. The van der Waals surface area contributed by atoms with Gasteiger partial charge in [0.2, 0.25) is 5.95 Å². The van der Waals surface area contributed by atoms with Crippen molar-refractivity contribution in [1.82, 2.24) is 24.8 Å². The van der Waals surface area contributed by atoms with E-state index in [2.05, 4.69) is 20.2 Å². The van der Waals surface area contributed by atoms with Crippen molar-refractivity contribution in [1.29, 1.82) is 0 Å². The maximum Gasteiger partial charge on any atom is 0.254 e. The molecule has 0 saturated carbocycles. The van der Waals surface area contributed by atoms with Gasteiger partial charge in [-0.25, -0.2) is 14.4 Å². The molecule has 6 nitrogen and oxygen atoms in total. The molecule has 8 heteroatoms. The lowest BCUT2D eigenvalue weighted by Crippen LogP contribution is -2.54. The number of benzene rings is 2. The molecule has 2 aliphatic heterocycles. The summed E-state index contributed by atoms with van der Waals surface area (Å²) >= 11 is 1.64. The van der Waals surface area contributed by atoms with E-state index in [-0.39, 0.29) is 23.8 Å². The smallest absolute Gasteiger partial charge is 0.254 e. The number of hydrogen-bond donors (Lipinski definition) is 1. The maximum atomic E-state index is 14.2. The molecule has 172 valence electrons. The number of nitrogens with one attached hydrogen (secondary N) is 1. The number of amides is 1. The molecule has 2 fully saturated rings. The number of thioether (sulfide) groups is 1. The molecule has 0 aliphatic carbocycles. The Kier molecular flexibility index (Phi) is 5.34. The van der Waals surface area contributed by atoms with Gasteiger partial charge < -0.3 is 10.2 Å². The lowest BCUT2D eigenvalue weighted by atomic mass is 10.1. The molecule has 0 spiro atoms. The Balaban J connectivity index is 1.39. The predicted molar refractivity (Wildman–Crippen MR) is 132 cm³/mol. The minimum atomic E-state index is -0.306. The molecule has 6 rings (SSSR count). The molecule has 1 amide bonds. The molecule has 34 heavy (non-hydrogen) atoms. The molecular weight excluding hydrogens is 449 g/mol. The van der Waals surface area contributed by atoms with Gasteiger partial charge in [-0.3, -0.25) is 9.36 Å². The van der Waals surface area contributed by atoms with Crippen LogP contribution in [0.25, 0.3) is 28.0 Å². The summed E-state index contributed by atoms with van der Waals surface area (Å²) in [5, 5.41) is 4.48. The molecule has 1 N–H and O–H groups in total. The Labute approximate surface area is 201 Å². The lowest BCUT2D eigenvalue weighted by molar-refractivity contribution is 0.0619. The van der Waals surface area contributed by atoms with Crippen molar-refractivity contribution in [2.45, 2.75) is 29.8 Å². The van der Waals surface area contributed by atoms with E-state index < -0.39 is 0 Å². The van der Waals surface area contributed by atoms with E-state index >= 15 is 0 Å². The number of rotatable bonds is 4. The van der Waals surface area contributed by atoms with Crippen LogP contribution >= 0.6 is 11.8 Å². The first-order valence-electron chi connectivity index (χ1n) is 11.4. The highest BCUT2D eigenvalue weighted by atomic mass is 32.2. The van der Waals surface area contributed by atoms with Crippen LogP contribution in [0.1, 0.15) is 23.2 Å². The fourth-order valence-corrected chi connectivity index (χ4v) is 5.80. The highest BCUT2D eigenvalue weighted by Crippen LogP contribution is 2.33. The molecule has 2 aromatic heterocycles. The third-order valence-electron chi connectivity index (χ3n) is 6.89. The summed E-state index contributed by atoms with van der Waals surface area (Å²) in [6.07, 6.45) is 9.41. The van der Waals surface area contributed by atoms with Crippen LogP contribution < -0.4 is 5.32 Å². The van der Waals surface area contributed by atoms with E-state index in [0.29, 0.717) is 22.6 Å². The molecule has 2 saturated heterocycles. The monoisotopic (exact) mass is 473 g/mol. The molecule has 2 bridgehead atoms. The van der Waals surface area contributed by atoms with E-state index in [0.717, 1.165) is 41.7 Å². The molecule has 2 aliphatic rings. The van der Waals surface area contributed by atoms with Crippen LogP contribution in [-0.4, -0.2) is 56.8 Å². The first-order valence-corrected chi connectivity index (χ1v) is 12.7. The van der Waals surface area contributed by atoms with Gasteiger partial charge in [0.25, 0.3) is 5.91 Å². The number of halogens is 1. The fraction of sp³-hybridized carbons (Fsp3) is 0.269. The highest BCUT2D eigenvalue weighted by molar-refractivity contribution is 7.98. The standard InChI is InChI=1S/C26H24FN5OS/c1-34-24-15-31(26-29-11-17(12-30-26)20-4-2-3-5-22(20)27)23-10-16(6-9-21(23)24)25(33)32-18-7-8-19(32)14-28-13-18/h2-6,9-12,15,18-19,28H,7-8,13-14H2,1H3. The molecule has 0 radical (unpaired) electrons. The van der Waals surface area contributed by atoms with E-state index in [1.54, 1.807) is 42.4 Å². The van der Waals surface area contributed by atoms with Gasteiger partial charge in [-0.05, 0) is 37.3 Å². The number of nitrogens with zero attached hydrogens (tertiary/aromatic N) is 4. The van der Waals surface area contributed by atoms with Gasteiger partial charge in [-0.15, -0.1) is 11.8 Å². The predicted octanol–water partition coefficient (Wildman–Crippen LogP) is 4.52. The molecule has 4 aromatic rings. The topological polar surface area (TPSA) is 63.1 Å². The second-order valence-corrected chi connectivity index (χ2v) is 9.65. The van der Waals surface area contributed by atoms with Crippen LogP contribution in [0.2, 0.25) is 0 Å². The van der Waals surface area contributed by atoms with Gasteiger partial charge in [-0.1, -0.05) is 24.3 Å².